The van der Waals surface area contributed by atoms with Crippen LogP contribution in [-0.4, -0.2) is 32.4 Å². The quantitative estimate of drug-likeness (QED) is 0.611. The van der Waals surface area contributed by atoms with Crippen LogP contribution in [0.5, 0.6) is 5.75 Å². The zero-order chi connectivity index (χ0) is 14.7. The van der Waals surface area contributed by atoms with Gasteiger partial charge in [-0.3, -0.25) is 9.17 Å². The molecule has 0 bridgehead atoms. The van der Waals surface area contributed by atoms with E-state index in [1.807, 2.05) is 0 Å². The van der Waals surface area contributed by atoms with Crippen LogP contribution in [0.15, 0.2) is 12.3 Å². The molecule has 108 valence electrons. The van der Waals surface area contributed by atoms with Gasteiger partial charge < -0.3 is 4.74 Å². The number of ether oxygens (including phenoxy) is 1. The van der Waals surface area contributed by atoms with Crippen LogP contribution in [0.25, 0.3) is 0 Å². The van der Waals surface area contributed by atoms with Crippen LogP contribution in [0.4, 0.5) is 17.6 Å². The zero-order valence-electron chi connectivity index (χ0n) is 9.57. The molecule has 0 N–H and O–H groups in total. The topological polar surface area (TPSA) is 65.5 Å². The van der Waals surface area contributed by atoms with Gasteiger partial charge in [-0.05, 0) is 0 Å². The average molecular weight is 303 g/mol. The van der Waals surface area contributed by atoms with Gasteiger partial charge in [0.15, 0.2) is 6.61 Å². The molecule has 0 aliphatic rings. The molecule has 0 aromatic carbocycles. The summed E-state index contributed by atoms with van der Waals surface area (Å²) in [6.07, 6.45) is -3.14. The molecule has 0 unspecified atom stereocenters. The van der Waals surface area contributed by atoms with Gasteiger partial charge in [-0.25, -0.2) is 4.39 Å². The summed E-state index contributed by atoms with van der Waals surface area (Å²) in [6.45, 7) is -2.30. The summed E-state index contributed by atoms with van der Waals surface area (Å²) in [6, 6.07) is 0.666. The maximum atomic E-state index is 12.9. The van der Waals surface area contributed by atoms with E-state index in [1.54, 1.807) is 0 Å². The summed E-state index contributed by atoms with van der Waals surface area (Å²) in [5, 5.41) is 0. The van der Waals surface area contributed by atoms with E-state index in [0.29, 0.717) is 12.3 Å². The minimum Gasteiger partial charge on any atom is -0.482 e. The van der Waals surface area contributed by atoms with Crippen molar-refractivity contribution in [3.05, 3.63) is 23.8 Å². The first-order valence-electron chi connectivity index (χ1n) is 4.75. The fourth-order valence-electron chi connectivity index (χ4n) is 1.00. The zero-order valence-corrected chi connectivity index (χ0v) is 10.4. The minimum absolute atomic E-state index is 0.254. The van der Waals surface area contributed by atoms with Crippen LogP contribution in [0, 0.1) is 5.82 Å². The predicted molar refractivity (Wildman–Crippen MR) is 55.4 cm³/mol. The van der Waals surface area contributed by atoms with Gasteiger partial charge in [0.25, 0.3) is 10.1 Å². The number of halogens is 4. The standard InChI is InChI=1S/C9H9F4NO4S/c1-19(15,16)18-4-7-8(2-6(10)3-14-7)17-5-9(11,12)13/h2-3H,4-5H2,1H3. The van der Waals surface area contributed by atoms with E-state index in [-0.39, 0.29) is 5.69 Å². The first kappa shape index (κ1) is 15.6. The number of rotatable bonds is 5. The van der Waals surface area contributed by atoms with Gasteiger partial charge >= 0.3 is 6.18 Å². The smallest absolute Gasteiger partial charge is 0.422 e. The minimum atomic E-state index is -4.61. The van der Waals surface area contributed by atoms with Gasteiger partial charge in [-0.1, -0.05) is 0 Å². The number of nitrogens with zero attached hydrogens (tertiary/aromatic N) is 1. The lowest BCUT2D eigenvalue weighted by Crippen LogP contribution is -2.20. The Kier molecular flexibility index (Phi) is 4.69. The van der Waals surface area contributed by atoms with Crippen molar-refractivity contribution in [2.45, 2.75) is 12.8 Å². The molecular weight excluding hydrogens is 294 g/mol. The van der Waals surface area contributed by atoms with Gasteiger partial charge in [-0.15, -0.1) is 0 Å². The van der Waals surface area contributed by atoms with Crippen LogP contribution >= 0.6 is 0 Å². The summed E-state index contributed by atoms with van der Waals surface area (Å²) >= 11 is 0. The second-order valence-corrected chi connectivity index (χ2v) is 5.11. The molecule has 1 aromatic rings. The first-order chi connectivity index (χ1) is 8.57. The normalized spacial score (nSPS) is 12.5. The maximum absolute atomic E-state index is 12.9. The summed E-state index contributed by atoms with van der Waals surface area (Å²) in [7, 11) is -3.80. The van der Waals surface area contributed by atoms with E-state index in [4.69, 9.17) is 0 Å². The van der Waals surface area contributed by atoms with Crippen molar-refractivity contribution < 1.29 is 34.9 Å². The Labute approximate surface area is 106 Å². The van der Waals surface area contributed by atoms with Crippen LogP contribution < -0.4 is 4.74 Å². The number of aromatic nitrogens is 1. The fourth-order valence-corrected chi connectivity index (χ4v) is 1.33. The van der Waals surface area contributed by atoms with Crippen molar-refractivity contribution in [3.63, 3.8) is 0 Å². The van der Waals surface area contributed by atoms with Crippen molar-refractivity contribution in [1.82, 2.24) is 4.98 Å². The third-order valence-corrected chi connectivity index (χ3v) is 2.24. The summed E-state index contributed by atoms with van der Waals surface area (Å²) < 4.78 is 79.0. The Morgan fingerprint density at radius 3 is 2.53 bits per heavy atom. The van der Waals surface area contributed by atoms with Crippen LogP contribution in [-0.2, 0) is 20.9 Å². The Morgan fingerprint density at radius 2 is 2.00 bits per heavy atom. The molecule has 0 saturated heterocycles. The Bertz CT molecular complexity index is 544. The molecule has 0 radical (unpaired) electrons. The predicted octanol–water partition coefficient (Wildman–Crippen LogP) is 1.64. The molecule has 0 aliphatic carbocycles. The van der Waals surface area contributed by atoms with Crippen molar-refractivity contribution in [3.8, 4) is 5.75 Å². The summed E-state index contributed by atoms with van der Waals surface area (Å²) in [4.78, 5) is 3.43. The highest BCUT2D eigenvalue weighted by Gasteiger charge is 2.29. The van der Waals surface area contributed by atoms with E-state index >= 15 is 0 Å². The highest BCUT2D eigenvalue weighted by molar-refractivity contribution is 7.85. The molecule has 0 fully saturated rings. The summed E-state index contributed by atoms with van der Waals surface area (Å²) in [5.41, 5.74) is -0.254. The number of hydrogen-bond acceptors (Lipinski definition) is 5. The third-order valence-electron chi connectivity index (χ3n) is 1.70. The average Bonchev–Trinajstić information content (AvgIpc) is 2.22. The van der Waals surface area contributed by atoms with Gasteiger partial charge in [-0.2, -0.15) is 21.6 Å². The highest BCUT2D eigenvalue weighted by atomic mass is 32.2. The lowest BCUT2D eigenvalue weighted by Gasteiger charge is -2.12. The van der Waals surface area contributed by atoms with E-state index < -0.39 is 41.1 Å². The number of alkyl halides is 3. The van der Waals surface area contributed by atoms with Crippen LogP contribution in [0.1, 0.15) is 5.69 Å². The largest absolute Gasteiger partial charge is 0.482 e. The highest BCUT2D eigenvalue weighted by Crippen LogP contribution is 2.22. The lowest BCUT2D eigenvalue weighted by atomic mass is 10.3. The third kappa shape index (κ3) is 6.34. The number of pyridine rings is 1. The molecule has 1 heterocycles. The molecule has 0 saturated carbocycles. The number of hydrogen-bond donors (Lipinski definition) is 0. The molecular formula is C9H9F4NO4S. The van der Waals surface area contributed by atoms with E-state index in [0.717, 1.165) is 6.26 Å². The van der Waals surface area contributed by atoms with Gasteiger partial charge in [0.05, 0.1) is 12.5 Å². The van der Waals surface area contributed by atoms with Crippen LogP contribution in [0.2, 0.25) is 0 Å². The molecule has 0 atom stereocenters. The van der Waals surface area contributed by atoms with Crippen molar-refractivity contribution >= 4 is 10.1 Å². The second-order valence-electron chi connectivity index (χ2n) is 3.47. The molecule has 5 nitrogen and oxygen atoms in total. The van der Waals surface area contributed by atoms with E-state index in [9.17, 15) is 26.0 Å². The Hall–Kier alpha value is -1.42. The first-order valence-corrected chi connectivity index (χ1v) is 6.57. The summed E-state index contributed by atoms with van der Waals surface area (Å²) in [5.74, 6) is -1.44. The van der Waals surface area contributed by atoms with Crippen molar-refractivity contribution in [1.29, 1.82) is 0 Å². The SMILES string of the molecule is CS(=O)(=O)OCc1ncc(F)cc1OCC(F)(F)F. The molecule has 0 aliphatic heterocycles. The van der Waals surface area contributed by atoms with Crippen molar-refractivity contribution in [2.24, 2.45) is 0 Å². The molecule has 0 spiro atoms. The molecule has 19 heavy (non-hydrogen) atoms. The van der Waals surface area contributed by atoms with Gasteiger partial charge in [0, 0.05) is 6.07 Å². The van der Waals surface area contributed by atoms with E-state index in [2.05, 4.69) is 13.9 Å². The fraction of sp³-hybridized carbons (Fsp3) is 0.444. The molecule has 1 aromatic heterocycles. The van der Waals surface area contributed by atoms with Crippen molar-refractivity contribution in [2.75, 3.05) is 12.9 Å². The van der Waals surface area contributed by atoms with E-state index in [1.165, 1.54) is 0 Å². The monoisotopic (exact) mass is 303 g/mol. The van der Waals surface area contributed by atoms with Crippen LogP contribution in [0.3, 0.4) is 0 Å². The van der Waals surface area contributed by atoms with Gasteiger partial charge in [0.1, 0.15) is 23.9 Å². The lowest BCUT2D eigenvalue weighted by molar-refractivity contribution is -0.153. The molecule has 1 rings (SSSR count). The molecule has 10 heteroatoms. The Balaban J connectivity index is 2.85. The second kappa shape index (κ2) is 5.70. The molecule has 0 amide bonds. The van der Waals surface area contributed by atoms with Gasteiger partial charge in [0.2, 0.25) is 0 Å². The Morgan fingerprint density at radius 1 is 1.37 bits per heavy atom. The maximum Gasteiger partial charge on any atom is 0.422 e.